The zero-order chi connectivity index (χ0) is 21.4. The molecule has 5 rings (SSSR count). The molecule has 0 radical (unpaired) electrons. The Morgan fingerprint density at radius 1 is 1.16 bits per heavy atom. The van der Waals surface area contributed by atoms with Gasteiger partial charge in [-0.1, -0.05) is 6.42 Å². The van der Waals surface area contributed by atoms with Gasteiger partial charge >= 0.3 is 0 Å². The van der Waals surface area contributed by atoms with Crippen LogP contribution in [-0.2, 0) is 0 Å². The second-order valence-corrected chi connectivity index (χ2v) is 8.61. The Morgan fingerprint density at radius 3 is 2.65 bits per heavy atom. The molecule has 7 nitrogen and oxygen atoms in total. The van der Waals surface area contributed by atoms with Gasteiger partial charge in [-0.25, -0.2) is 9.37 Å². The lowest BCUT2D eigenvalue weighted by Crippen LogP contribution is -2.49. The Bertz CT molecular complexity index is 1060. The maximum absolute atomic E-state index is 14.6. The maximum Gasteiger partial charge on any atom is 0.191 e. The van der Waals surface area contributed by atoms with Crippen LogP contribution in [0.25, 0.3) is 22.6 Å². The first-order valence-corrected chi connectivity index (χ1v) is 10.8. The van der Waals surface area contributed by atoms with E-state index in [2.05, 4.69) is 25.8 Å². The predicted octanol–water partition coefficient (Wildman–Crippen LogP) is 4.28. The van der Waals surface area contributed by atoms with Gasteiger partial charge in [0, 0.05) is 31.1 Å². The number of anilines is 1. The van der Waals surface area contributed by atoms with E-state index in [9.17, 15) is 9.50 Å². The van der Waals surface area contributed by atoms with Crippen molar-refractivity contribution in [2.75, 3.05) is 11.9 Å². The minimum absolute atomic E-state index is 0.0956. The summed E-state index contributed by atoms with van der Waals surface area (Å²) in [6.45, 7) is 2.55. The number of nitrogens with zero attached hydrogens (tertiary/aromatic N) is 3. The predicted molar refractivity (Wildman–Crippen MR) is 115 cm³/mol. The van der Waals surface area contributed by atoms with Crippen molar-refractivity contribution in [3.8, 4) is 28.3 Å². The lowest BCUT2D eigenvalue weighted by atomic mass is 9.80. The van der Waals surface area contributed by atoms with E-state index in [0.29, 0.717) is 35.4 Å². The van der Waals surface area contributed by atoms with Crippen LogP contribution >= 0.6 is 0 Å². The smallest absolute Gasteiger partial charge is 0.191 e. The Hall–Kier alpha value is -3.00. The van der Waals surface area contributed by atoms with Crippen molar-refractivity contribution in [3.63, 3.8) is 0 Å². The largest absolute Gasteiger partial charge is 0.507 e. The number of hydrogen-bond acceptors (Lipinski definition) is 7. The summed E-state index contributed by atoms with van der Waals surface area (Å²) < 4.78 is 20.0. The number of aromatic nitrogens is 3. The first kappa shape index (κ1) is 19.9. The Labute approximate surface area is 180 Å². The summed E-state index contributed by atoms with van der Waals surface area (Å²) in [6, 6.07) is 7.41. The number of hydrogen-bond donors (Lipinski definition) is 3. The first-order chi connectivity index (χ1) is 15.0. The average Bonchev–Trinajstić information content (AvgIpc) is 3.20. The first-order valence-electron chi connectivity index (χ1n) is 10.8. The standard InChI is InChI=1S/C23H26FN5O2/c1-13-25-12-22(31-13)17-10-21(30)18(9-19(17)24)20-5-6-23(29-28-20)26-11-14-7-15-3-2-4-16(8-14)27-15/h5-6,9-10,12,14-16,27,30H,2-4,7-8,11H2,1H3,(H,26,29). The summed E-state index contributed by atoms with van der Waals surface area (Å²) >= 11 is 0. The molecule has 4 heterocycles. The molecule has 2 atom stereocenters. The third-order valence-electron chi connectivity index (χ3n) is 6.30. The van der Waals surface area contributed by atoms with E-state index < -0.39 is 5.82 Å². The highest BCUT2D eigenvalue weighted by Crippen LogP contribution is 2.35. The molecule has 2 fully saturated rings. The molecule has 0 amide bonds. The molecule has 3 aromatic rings. The number of benzene rings is 1. The van der Waals surface area contributed by atoms with Crippen molar-refractivity contribution < 1.29 is 13.9 Å². The number of nitrogens with one attached hydrogen (secondary N) is 2. The van der Waals surface area contributed by atoms with Gasteiger partial charge < -0.3 is 20.2 Å². The molecule has 2 aromatic heterocycles. The number of oxazole rings is 1. The fraction of sp³-hybridized carbons (Fsp3) is 0.435. The highest BCUT2D eigenvalue weighted by atomic mass is 19.1. The molecule has 0 saturated carbocycles. The molecule has 2 bridgehead atoms. The Balaban J connectivity index is 1.27. The number of aryl methyl sites for hydroxylation is 1. The number of halogens is 1. The van der Waals surface area contributed by atoms with Gasteiger partial charge in [-0.3, -0.25) is 0 Å². The van der Waals surface area contributed by atoms with E-state index >= 15 is 0 Å². The second kappa shape index (κ2) is 8.26. The summed E-state index contributed by atoms with van der Waals surface area (Å²) in [5.41, 5.74) is 0.834. The molecule has 0 spiro atoms. The van der Waals surface area contributed by atoms with E-state index in [0.717, 1.165) is 6.54 Å². The topological polar surface area (TPSA) is 96.1 Å². The van der Waals surface area contributed by atoms with E-state index in [1.54, 1.807) is 13.0 Å². The highest BCUT2D eigenvalue weighted by Gasteiger charge is 2.30. The number of phenolic OH excluding ortho intramolecular Hbond substituents is 1. The lowest BCUT2D eigenvalue weighted by Gasteiger charge is -2.40. The lowest BCUT2D eigenvalue weighted by molar-refractivity contribution is 0.192. The highest BCUT2D eigenvalue weighted by molar-refractivity contribution is 5.73. The molecule has 3 N–H and O–H groups in total. The van der Waals surface area contributed by atoms with Gasteiger partial charge in [-0.05, 0) is 55.9 Å². The van der Waals surface area contributed by atoms with Crippen molar-refractivity contribution in [3.05, 3.63) is 42.2 Å². The van der Waals surface area contributed by atoms with Gasteiger partial charge in [0.1, 0.15) is 17.4 Å². The minimum Gasteiger partial charge on any atom is -0.507 e. The molecule has 0 aliphatic carbocycles. The summed E-state index contributed by atoms with van der Waals surface area (Å²) in [4.78, 5) is 3.97. The van der Waals surface area contributed by atoms with Crippen LogP contribution in [0.3, 0.4) is 0 Å². The van der Waals surface area contributed by atoms with E-state index in [4.69, 9.17) is 4.42 Å². The van der Waals surface area contributed by atoms with Crippen LogP contribution in [0.2, 0.25) is 0 Å². The van der Waals surface area contributed by atoms with E-state index in [-0.39, 0.29) is 22.6 Å². The normalized spacial score (nSPS) is 23.0. The van der Waals surface area contributed by atoms with E-state index in [1.165, 1.54) is 50.4 Å². The van der Waals surface area contributed by atoms with E-state index in [1.807, 2.05) is 6.07 Å². The van der Waals surface area contributed by atoms with Gasteiger partial charge in [-0.15, -0.1) is 10.2 Å². The third-order valence-corrected chi connectivity index (χ3v) is 6.30. The van der Waals surface area contributed by atoms with Gasteiger partial charge in [0.15, 0.2) is 11.7 Å². The fourth-order valence-corrected chi connectivity index (χ4v) is 4.81. The quantitative estimate of drug-likeness (QED) is 0.563. The van der Waals surface area contributed by atoms with Crippen molar-refractivity contribution in [1.82, 2.24) is 20.5 Å². The molecule has 2 unspecified atom stereocenters. The van der Waals surface area contributed by atoms with Gasteiger partial charge in [0.05, 0.1) is 17.5 Å². The van der Waals surface area contributed by atoms with Crippen LogP contribution in [0, 0.1) is 18.7 Å². The zero-order valence-electron chi connectivity index (χ0n) is 17.4. The second-order valence-electron chi connectivity index (χ2n) is 8.61. The number of phenols is 1. The van der Waals surface area contributed by atoms with Crippen LogP contribution in [0.5, 0.6) is 5.75 Å². The molecule has 162 valence electrons. The summed E-state index contributed by atoms with van der Waals surface area (Å²) in [6.07, 6.45) is 7.70. The van der Waals surface area contributed by atoms with Crippen molar-refractivity contribution in [2.45, 2.75) is 51.1 Å². The molecular formula is C23H26FN5O2. The fourth-order valence-electron chi connectivity index (χ4n) is 4.81. The average molecular weight is 423 g/mol. The third kappa shape index (κ3) is 4.25. The molecular weight excluding hydrogens is 397 g/mol. The molecule has 2 saturated heterocycles. The van der Waals surface area contributed by atoms with Crippen LogP contribution < -0.4 is 10.6 Å². The van der Waals surface area contributed by atoms with Crippen LogP contribution in [0.15, 0.2) is 34.9 Å². The van der Waals surface area contributed by atoms with Crippen molar-refractivity contribution in [2.24, 2.45) is 5.92 Å². The summed E-state index contributed by atoms with van der Waals surface area (Å²) in [5.74, 6) is 1.39. The Kier molecular flexibility index (Phi) is 5.31. The monoisotopic (exact) mass is 423 g/mol. The number of rotatable bonds is 5. The van der Waals surface area contributed by atoms with Crippen LogP contribution in [-0.4, -0.2) is 38.9 Å². The van der Waals surface area contributed by atoms with Crippen molar-refractivity contribution in [1.29, 1.82) is 0 Å². The van der Waals surface area contributed by atoms with Gasteiger partial charge in [0.25, 0.3) is 0 Å². The number of piperidine rings is 2. The van der Waals surface area contributed by atoms with Crippen molar-refractivity contribution >= 4 is 5.82 Å². The minimum atomic E-state index is -0.524. The molecule has 2 aliphatic heterocycles. The maximum atomic E-state index is 14.6. The van der Waals surface area contributed by atoms with Gasteiger partial charge in [0.2, 0.25) is 0 Å². The molecule has 31 heavy (non-hydrogen) atoms. The van der Waals surface area contributed by atoms with Crippen LogP contribution in [0.1, 0.15) is 38.0 Å². The SMILES string of the molecule is Cc1ncc(-c2cc(O)c(-c3ccc(NCC4CC5CCCC(C4)N5)nn3)cc2F)o1. The van der Waals surface area contributed by atoms with Crippen LogP contribution in [0.4, 0.5) is 10.2 Å². The molecule has 8 heteroatoms. The molecule has 1 aromatic carbocycles. The number of fused-ring (bicyclic) bond motifs is 2. The zero-order valence-corrected chi connectivity index (χ0v) is 17.4. The summed E-state index contributed by atoms with van der Waals surface area (Å²) in [5, 5.41) is 26.0. The number of aromatic hydroxyl groups is 1. The Morgan fingerprint density at radius 2 is 1.97 bits per heavy atom. The summed E-state index contributed by atoms with van der Waals surface area (Å²) in [7, 11) is 0. The van der Waals surface area contributed by atoms with Gasteiger partial charge in [-0.2, -0.15) is 0 Å². The molecule has 2 aliphatic rings.